The first-order valence-electron chi connectivity index (χ1n) is 18.5. The second-order valence-corrected chi connectivity index (χ2v) is 14.8. The third kappa shape index (κ3) is 11.2. The van der Waals surface area contributed by atoms with E-state index in [0.29, 0.717) is 37.4 Å². The van der Waals surface area contributed by atoms with Crippen molar-refractivity contribution < 1.29 is 25.2 Å². The fraction of sp³-hybridized carbons (Fsp3) is 0.692. The number of allylic oxidation sites excluding steroid dienone is 1. The average molecular weight is 652 g/mol. The van der Waals surface area contributed by atoms with Crippen molar-refractivity contribution in [3.05, 3.63) is 59.6 Å². The minimum absolute atomic E-state index is 0.00123. The molecule has 2 aromatic rings. The number of nitrogens with one attached hydrogen (secondary N) is 1. The molecule has 0 unspecified atom stereocenters. The van der Waals surface area contributed by atoms with E-state index in [0.717, 1.165) is 69.0 Å². The summed E-state index contributed by atoms with van der Waals surface area (Å²) in [5.74, 6) is -0.420. The van der Waals surface area contributed by atoms with Crippen LogP contribution in [-0.2, 0) is 24.1 Å². The van der Waals surface area contributed by atoms with Gasteiger partial charge in [-0.2, -0.15) is 0 Å². The van der Waals surface area contributed by atoms with E-state index in [1.54, 1.807) is 6.20 Å². The molecule has 8 heteroatoms. The molecule has 8 atom stereocenters. The van der Waals surface area contributed by atoms with E-state index in [2.05, 4.69) is 42.0 Å². The lowest BCUT2D eigenvalue weighted by atomic mass is 9.80. The molecule has 262 valence electrons. The van der Waals surface area contributed by atoms with E-state index >= 15 is 0 Å². The van der Waals surface area contributed by atoms with Gasteiger partial charge in [0.15, 0.2) is 0 Å². The van der Waals surface area contributed by atoms with Crippen molar-refractivity contribution in [2.45, 2.75) is 141 Å². The van der Waals surface area contributed by atoms with Gasteiger partial charge in [0.1, 0.15) is 5.82 Å². The summed E-state index contributed by atoms with van der Waals surface area (Å²) in [5, 5.41) is 43.9. The van der Waals surface area contributed by atoms with Gasteiger partial charge in [0.25, 0.3) is 0 Å². The number of carboxylic acid groups (broad SMARTS) is 1. The molecule has 1 saturated carbocycles. The maximum atomic E-state index is 12.2. The summed E-state index contributed by atoms with van der Waals surface area (Å²) >= 11 is 0. The fourth-order valence-electron chi connectivity index (χ4n) is 8.29. The van der Waals surface area contributed by atoms with Crippen LogP contribution in [0.5, 0.6) is 0 Å². The Balaban J connectivity index is 1.27. The fourth-order valence-corrected chi connectivity index (χ4v) is 8.29. The van der Waals surface area contributed by atoms with Crippen molar-refractivity contribution in [2.24, 2.45) is 29.6 Å². The largest absolute Gasteiger partial charge is 0.481 e. The summed E-state index contributed by atoms with van der Waals surface area (Å²) in [6.07, 6.45) is 21.0. The highest BCUT2D eigenvalue weighted by atomic mass is 16.4. The van der Waals surface area contributed by atoms with Crippen LogP contribution in [-0.4, -0.2) is 54.2 Å². The van der Waals surface area contributed by atoms with E-state index in [4.69, 9.17) is 5.73 Å². The van der Waals surface area contributed by atoms with Crippen molar-refractivity contribution in [3.63, 3.8) is 0 Å². The first-order valence-corrected chi connectivity index (χ1v) is 18.5. The number of aromatic nitrogens is 2. The number of unbranched alkanes of at least 4 members (excludes halogenated alkanes) is 4. The molecule has 0 aromatic carbocycles. The summed E-state index contributed by atoms with van der Waals surface area (Å²) in [6, 6.07) is 6.04. The molecule has 7 N–H and O–H groups in total. The number of carboxylic acids is 1. The number of H-pyrrole nitrogens is 1. The monoisotopic (exact) mass is 651 g/mol. The normalized spacial score (nSPS) is 27.2. The molecular formula is C39H61N3O5. The summed E-state index contributed by atoms with van der Waals surface area (Å²) in [6.45, 7) is 4.33. The van der Waals surface area contributed by atoms with E-state index < -0.39 is 23.6 Å². The third-order valence-corrected chi connectivity index (χ3v) is 11.1. The first kappa shape index (κ1) is 37.1. The highest BCUT2D eigenvalue weighted by Crippen LogP contribution is 2.46. The van der Waals surface area contributed by atoms with Gasteiger partial charge in [-0.1, -0.05) is 64.5 Å². The van der Waals surface area contributed by atoms with Gasteiger partial charge in [-0.05, 0) is 118 Å². The van der Waals surface area contributed by atoms with Gasteiger partial charge in [-0.25, -0.2) is 4.98 Å². The minimum Gasteiger partial charge on any atom is -0.481 e. The maximum absolute atomic E-state index is 12.2. The third-order valence-electron chi connectivity index (χ3n) is 11.1. The number of rotatable bonds is 20. The molecule has 2 heterocycles. The lowest BCUT2D eigenvalue weighted by molar-refractivity contribution is -0.146. The molecule has 0 bridgehead atoms. The zero-order valence-corrected chi connectivity index (χ0v) is 28.8. The molecule has 2 aromatic heterocycles. The maximum Gasteiger partial charge on any atom is 0.309 e. The number of aliphatic hydroxyl groups excluding tert-OH is 2. The van der Waals surface area contributed by atoms with Crippen LogP contribution in [0.3, 0.4) is 0 Å². The number of carbonyl (C=O) groups is 1. The predicted molar refractivity (Wildman–Crippen MR) is 188 cm³/mol. The number of aliphatic hydroxyl groups is 3. The Labute approximate surface area is 282 Å². The number of aryl methyl sites for hydroxylation is 1. The topological polar surface area (TPSA) is 153 Å². The highest BCUT2D eigenvalue weighted by Gasteiger charge is 2.46. The van der Waals surface area contributed by atoms with Gasteiger partial charge < -0.3 is 31.1 Å². The Hall–Kier alpha value is -2.68. The standard InChI is InChI=1S/C39H61N3O5/c1-3-5-7-10-28-13-14-31(36(44)22-28)11-8-6-9-12-34(38(45)46)35(43)15-17-39(47)25-30(19-29-16-18-41-37(40)23-29)20-32(39)24-33-21-27(4-2)26-42-33/h13-14,16,18,21,23,26,28,30-32,34-36,42-44,47H,3-12,15,17,19-20,22,24-25H2,1-2H3,(H2,40,41)(H,45,46)/t28-,30-,31-,32+,34+,35-,36-,39+/m1/s1. The van der Waals surface area contributed by atoms with Gasteiger partial charge in [0.2, 0.25) is 0 Å². The average Bonchev–Trinajstić information content (AvgIpc) is 3.62. The van der Waals surface area contributed by atoms with E-state index in [1.165, 1.54) is 24.8 Å². The van der Waals surface area contributed by atoms with Crippen LogP contribution in [0.25, 0.3) is 0 Å². The molecule has 2 aliphatic rings. The quantitative estimate of drug-likeness (QED) is 0.0664. The molecule has 0 spiro atoms. The van der Waals surface area contributed by atoms with E-state index in [-0.39, 0.29) is 30.3 Å². The van der Waals surface area contributed by atoms with Gasteiger partial charge >= 0.3 is 5.97 Å². The number of anilines is 1. The Bertz CT molecular complexity index is 1260. The summed E-state index contributed by atoms with van der Waals surface area (Å²) in [5.41, 5.74) is 8.38. The highest BCUT2D eigenvalue weighted by molar-refractivity contribution is 5.70. The second kappa shape index (κ2) is 18.2. The summed E-state index contributed by atoms with van der Waals surface area (Å²) in [7, 11) is 0. The molecule has 2 aliphatic carbocycles. The first-order chi connectivity index (χ1) is 22.6. The lowest BCUT2D eigenvalue weighted by Crippen LogP contribution is -2.37. The molecule has 0 amide bonds. The molecule has 0 radical (unpaired) electrons. The van der Waals surface area contributed by atoms with Crippen LogP contribution in [0.2, 0.25) is 0 Å². The minimum atomic E-state index is -1.01. The molecular weight excluding hydrogens is 590 g/mol. The van der Waals surface area contributed by atoms with Gasteiger partial charge in [0, 0.05) is 24.0 Å². The molecule has 1 fully saturated rings. The van der Waals surface area contributed by atoms with Crippen LogP contribution in [0.1, 0.15) is 121 Å². The zero-order chi connectivity index (χ0) is 33.8. The van der Waals surface area contributed by atoms with Crippen molar-refractivity contribution in [3.8, 4) is 0 Å². The second-order valence-electron chi connectivity index (χ2n) is 14.8. The number of nitrogens with zero attached hydrogens (tertiary/aromatic N) is 1. The number of nitrogen functional groups attached to an aromatic ring is 1. The smallest absolute Gasteiger partial charge is 0.309 e. The number of hydrogen-bond acceptors (Lipinski definition) is 6. The van der Waals surface area contributed by atoms with Crippen LogP contribution in [0.15, 0.2) is 42.7 Å². The Morgan fingerprint density at radius 2 is 1.85 bits per heavy atom. The van der Waals surface area contributed by atoms with Crippen LogP contribution in [0.4, 0.5) is 5.82 Å². The van der Waals surface area contributed by atoms with Crippen molar-refractivity contribution >= 4 is 11.8 Å². The Morgan fingerprint density at radius 3 is 2.55 bits per heavy atom. The predicted octanol–water partition coefficient (Wildman–Crippen LogP) is 7.02. The summed E-state index contributed by atoms with van der Waals surface area (Å²) in [4.78, 5) is 19.7. The number of pyridine rings is 1. The Kier molecular flexibility index (Phi) is 14.4. The molecule has 47 heavy (non-hydrogen) atoms. The van der Waals surface area contributed by atoms with Crippen LogP contribution in [0, 0.1) is 29.6 Å². The number of aliphatic carboxylic acids is 1. The van der Waals surface area contributed by atoms with Crippen LogP contribution < -0.4 is 5.73 Å². The van der Waals surface area contributed by atoms with E-state index in [1.807, 2.05) is 18.3 Å². The van der Waals surface area contributed by atoms with Crippen molar-refractivity contribution in [1.29, 1.82) is 0 Å². The van der Waals surface area contributed by atoms with E-state index in [9.17, 15) is 25.2 Å². The Morgan fingerprint density at radius 1 is 1.04 bits per heavy atom. The lowest BCUT2D eigenvalue weighted by Gasteiger charge is -2.32. The molecule has 8 nitrogen and oxygen atoms in total. The number of hydrogen-bond donors (Lipinski definition) is 6. The zero-order valence-electron chi connectivity index (χ0n) is 28.8. The molecule has 4 rings (SSSR count). The van der Waals surface area contributed by atoms with Gasteiger partial charge in [-0.15, -0.1) is 0 Å². The number of nitrogens with two attached hydrogens (primary N) is 1. The molecule has 0 saturated heterocycles. The van der Waals surface area contributed by atoms with Crippen molar-refractivity contribution in [2.75, 3.05) is 5.73 Å². The number of aromatic amines is 1. The van der Waals surface area contributed by atoms with Crippen molar-refractivity contribution in [1.82, 2.24) is 9.97 Å². The summed E-state index contributed by atoms with van der Waals surface area (Å²) < 4.78 is 0. The van der Waals surface area contributed by atoms with Crippen LogP contribution >= 0.6 is 0 Å². The SMILES string of the molecule is CCCCC[C@@H]1C=C[C@@H](CCCCC[C@H](C(=O)O)[C@H](O)CC[C@]2(O)C[C@H](Cc3ccnc(N)c3)C[C@H]2Cc2cc(CC)c[nH]2)[C@H](O)C1. The molecule has 0 aliphatic heterocycles. The van der Waals surface area contributed by atoms with Gasteiger partial charge in [-0.3, -0.25) is 4.79 Å². The van der Waals surface area contributed by atoms with Gasteiger partial charge in [0.05, 0.1) is 23.7 Å².